The minimum Gasteiger partial charge on any atom is -0.487 e. The van der Waals surface area contributed by atoms with Gasteiger partial charge in [-0.25, -0.2) is 4.98 Å². The first kappa shape index (κ1) is 20.2. The quantitative estimate of drug-likeness (QED) is 0.435. The van der Waals surface area contributed by atoms with Crippen LogP contribution in [0.5, 0.6) is 5.75 Å². The number of rotatable bonds is 7. The molecule has 4 aromatic rings. The molecule has 0 radical (unpaired) electrons. The number of nitrogens with one attached hydrogen (secondary N) is 1. The van der Waals surface area contributed by atoms with Crippen LogP contribution >= 0.6 is 23.1 Å². The molecule has 0 saturated heterocycles. The number of carbonyl (C=O) groups excluding carboxylic acids is 1. The number of anilines is 1. The number of nitrogens with zero attached hydrogens (tertiary/aromatic N) is 2. The molecular formula is C22H19N3O3S2. The van der Waals surface area contributed by atoms with E-state index in [1.807, 2.05) is 37.3 Å². The molecule has 4 rings (SSSR count). The zero-order valence-electron chi connectivity index (χ0n) is 16.2. The van der Waals surface area contributed by atoms with Crippen LogP contribution in [-0.4, -0.2) is 21.0 Å². The molecule has 0 spiro atoms. The van der Waals surface area contributed by atoms with Gasteiger partial charge in [-0.15, -0.1) is 23.1 Å². The molecule has 0 aliphatic rings. The molecule has 0 atom stereocenters. The number of hydrogen-bond acceptors (Lipinski definition) is 6. The van der Waals surface area contributed by atoms with Crippen LogP contribution in [-0.2, 0) is 11.4 Å². The maximum Gasteiger partial charge on any atom is 0.258 e. The van der Waals surface area contributed by atoms with Gasteiger partial charge in [-0.2, -0.15) is 0 Å². The fourth-order valence-corrected chi connectivity index (χ4v) is 4.36. The Labute approximate surface area is 181 Å². The van der Waals surface area contributed by atoms with Crippen LogP contribution in [0.15, 0.2) is 76.6 Å². The molecule has 0 bridgehead atoms. The van der Waals surface area contributed by atoms with Crippen LogP contribution in [0, 0.1) is 6.92 Å². The van der Waals surface area contributed by atoms with E-state index in [2.05, 4.69) is 10.3 Å². The highest BCUT2D eigenvalue weighted by molar-refractivity contribution is 8.00. The Morgan fingerprint density at radius 1 is 1.17 bits per heavy atom. The molecule has 152 valence electrons. The number of fused-ring (bicyclic) bond motifs is 1. The number of carbonyl (C=O) groups is 1. The highest BCUT2D eigenvalue weighted by atomic mass is 32.2. The van der Waals surface area contributed by atoms with Crippen LogP contribution in [0.3, 0.4) is 0 Å². The van der Waals surface area contributed by atoms with Crippen molar-refractivity contribution >= 4 is 39.7 Å². The number of aryl methyl sites for hydroxylation is 1. The molecule has 30 heavy (non-hydrogen) atoms. The number of ether oxygens (including phenoxy) is 1. The molecule has 2 aromatic heterocycles. The van der Waals surface area contributed by atoms with Crippen molar-refractivity contribution < 1.29 is 9.53 Å². The lowest BCUT2D eigenvalue weighted by Gasteiger charge is -2.08. The van der Waals surface area contributed by atoms with Gasteiger partial charge in [-0.1, -0.05) is 18.2 Å². The standard InChI is InChI=1S/C22H19N3O3S2/c1-15-12-25-21(27)11-17(24-22(25)30-15)13-28-18-9-7-16(8-10-18)23-20(26)14-29-19-5-3-2-4-6-19/h2-12H,13-14H2,1H3,(H,23,26). The van der Waals surface area contributed by atoms with Gasteiger partial charge in [0.05, 0.1) is 11.4 Å². The molecule has 1 N–H and O–H groups in total. The fourth-order valence-electron chi connectivity index (χ4n) is 2.79. The number of amides is 1. The third-order valence-corrected chi connectivity index (χ3v) is 6.08. The minimum absolute atomic E-state index is 0.0678. The predicted molar refractivity (Wildman–Crippen MR) is 121 cm³/mol. The van der Waals surface area contributed by atoms with Gasteiger partial charge in [-0.3, -0.25) is 14.0 Å². The Bertz CT molecular complexity index is 1220. The van der Waals surface area contributed by atoms with Crippen molar-refractivity contribution in [2.45, 2.75) is 18.4 Å². The molecular weight excluding hydrogens is 418 g/mol. The molecule has 8 heteroatoms. The van der Waals surface area contributed by atoms with Crippen LogP contribution in [0.4, 0.5) is 5.69 Å². The first-order valence-corrected chi connectivity index (χ1v) is 11.1. The highest BCUT2D eigenvalue weighted by Crippen LogP contribution is 2.20. The number of benzene rings is 2. The third kappa shape index (κ3) is 5.08. The molecule has 0 saturated carbocycles. The van der Waals surface area contributed by atoms with Gasteiger partial charge >= 0.3 is 0 Å². The second-order valence-corrected chi connectivity index (χ2v) is 8.81. The molecule has 1 amide bonds. The summed E-state index contributed by atoms with van der Waals surface area (Å²) in [6.45, 7) is 2.14. The summed E-state index contributed by atoms with van der Waals surface area (Å²) in [4.78, 5) is 31.5. The van der Waals surface area contributed by atoms with Gasteiger partial charge in [-0.05, 0) is 43.3 Å². The lowest BCUT2D eigenvalue weighted by atomic mass is 10.3. The van der Waals surface area contributed by atoms with E-state index in [0.717, 1.165) is 9.77 Å². The zero-order chi connectivity index (χ0) is 20.9. The molecule has 2 aromatic carbocycles. The van der Waals surface area contributed by atoms with E-state index in [1.165, 1.54) is 33.6 Å². The van der Waals surface area contributed by atoms with E-state index in [0.29, 0.717) is 27.8 Å². The van der Waals surface area contributed by atoms with Crippen molar-refractivity contribution in [2.24, 2.45) is 0 Å². The average Bonchev–Trinajstić information content (AvgIpc) is 3.13. The summed E-state index contributed by atoms with van der Waals surface area (Å²) in [6.07, 6.45) is 1.78. The topological polar surface area (TPSA) is 72.7 Å². The van der Waals surface area contributed by atoms with E-state index >= 15 is 0 Å². The largest absolute Gasteiger partial charge is 0.487 e. The van der Waals surface area contributed by atoms with Gasteiger partial charge in [0.15, 0.2) is 4.96 Å². The van der Waals surface area contributed by atoms with Crippen molar-refractivity contribution in [3.63, 3.8) is 0 Å². The Balaban J connectivity index is 1.31. The summed E-state index contributed by atoms with van der Waals surface area (Å²) in [5.41, 5.74) is 1.17. The summed E-state index contributed by atoms with van der Waals surface area (Å²) < 4.78 is 7.28. The monoisotopic (exact) mass is 437 g/mol. The van der Waals surface area contributed by atoms with Crippen LogP contribution in [0.2, 0.25) is 0 Å². The first-order valence-electron chi connectivity index (χ1n) is 9.26. The van der Waals surface area contributed by atoms with Crippen LogP contribution in [0.25, 0.3) is 4.96 Å². The maximum atomic E-state index is 12.1. The van der Waals surface area contributed by atoms with E-state index in [1.54, 1.807) is 30.5 Å². The summed E-state index contributed by atoms with van der Waals surface area (Å²) >= 11 is 2.96. The average molecular weight is 438 g/mol. The molecule has 0 fully saturated rings. The fraction of sp³-hybridized carbons (Fsp3) is 0.136. The van der Waals surface area contributed by atoms with Gasteiger partial charge in [0.1, 0.15) is 12.4 Å². The summed E-state index contributed by atoms with van der Waals surface area (Å²) in [5.74, 6) is 0.909. The van der Waals surface area contributed by atoms with Crippen LogP contribution < -0.4 is 15.6 Å². The SMILES string of the molecule is Cc1cn2c(=O)cc(COc3ccc(NC(=O)CSc4ccccc4)cc3)nc2s1. The normalized spacial score (nSPS) is 10.8. The van der Waals surface area contributed by atoms with Crippen molar-refractivity contribution in [1.82, 2.24) is 9.38 Å². The molecule has 6 nitrogen and oxygen atoms in total. The maximum absolute atomic E-state index is 12.1. The van der Waals surface area contributed by atoms with Gasteiger partial charge in [0.25, 0.3) is 5.56 Å². The molecule has 0 aliphatic carbocycles. The number of hydrogen-bond donors (Lipinski definition) is 1. The van der Waals surface area contributed by atoms with Crippen LogP contribution in [0.1, 0.15) is 10.6 Å². The molecule has 0 aliphatic heterocycles. The van der Waals surface area contributed by atoms with Gasteiger partial charge < -0.3 is 10.1 Å². The smallest absolute Gasteiger partial charge is 0.258 e. The van der Waals surface area contributed by atoms with Crippen molar-refractivity contribution in [2.75, 3.05) is 11.1 Å². The first-order chi connectivity index (χ1) is 14.6. The second kappa shape index (κ2) is 9.15. The lowest BCUT2D eigenvalue weighted by Crippen LogP contribution is -2.14. The Hall–Kier alpha value is -3.10. The van der Waals surface area contributed by atoms with E-state index in [9.17, 15) is 9.59 Å². The predicted octanol–water partition coefficient (Wildman–Crippen LogP) is 4.37. The Kier molecular flexibility index (Phi) is 6.15. The van der Waals surface area contributed by atoms with E-state index < -0.39 is 0 Å². The number of thiazole rings is 1. The summed E-state index contributed by atoms with van der Waals surface area (Å²) in [7, 11) is 0. The van der Waals surface area contributed by atoms with Gasteiger partial charge in [0.2, 0.25) is 5.91 Å². The summed E-state index contributed by atoms with van der Waals surface area (Å²) in [5, 5.41) is 2.87. The van der Waals surface area contributed by atoms with Crippen molar-refractivity contribution in [3.05, 3.63) is 87.8 Å². The third-order valence-electron chi connectivity index (χ3n) is 4.17. The van der Waals surface area contributed by atoms with Crippen molar-refractivity contribution in [3.8, 4) is 5.75 Å². The Morgan fingerprint density at radius 3 is 2.70 bits per heavy atom. The minimum atomic E-state index is -0.116. The molecule has 2 heterocycles. The van der Waals surface area contributed by atoms with Gasteiger partial charge in [0, 0.05) is 27.7 Å². The highest BCUT2D eigenvalue weighted by Gasteiger charge is 2.07. The van der Waals surface area contributed by atoms with E-state index in [-0.39, 0.29) is 18.1 Å². The second-order valence-electron chi connectivity index (χ2n) is 6.54. The lowest BCUT2D eigenvalue weighted by molar-refractivity contribution is -0.113. The molecule has 0 unspecified atom stereocenters. The van der Waals surface area contributed by atoms with Crippen molar-refractivity contribution in [1.29, 1.82) is 0 Å². The summed E-state index contributed by atoms with van der Waals surface area (Å²) in [6, 6.07) is 18.4. The number of aromatic nitrogens is 2. The zero-order valence-corrected chi connectivity index (χ0v) is 17.8. The number of thioether (sulfide) groups is 1. The Morgan fingerprint density at radius 2 is 1.93 bits per heavy atom. The van der Waals surface area contributed by atoms with E-state index in [4.69, 9.17) is 4.74 Å².